The van der Waals surface area contributed by atoms with Crippen molar-refractivity contribution >= 4 is 41.2 Å². The number of anilines is 1. The van der Waals surface area contributed by atoms with Crippen molar-refractivity contribution in [1.29, 1.82) is 0 Å². The summed E-state index contributed by atoms with van der Waals surface area (Å²) >= 11 is 0. The van der Waals surface area contributed by atoms with Gasteiger partial charge >= 0.3 is 5.97 Å². The Kier molecular flexibility index (Phi) is 20.5. The molecule has 1 aromatic carbocycles. The molecule has 1 unspecified atom stereocenters. The molecule has 0 aliphatic rings. The number of benzene rings is 1. The molecule has 0 fully saturated rings. The van der Waals surface area contributed by atoms with Crippen molar-refractivity contribution in [3.05, 3.63) is 29.8 Å². The molecule has 5 amide bonds. The fourth-order valence-corrected chi connectivity index (χ4v) is 5.46. The van der Waals surface area contributed by atoms with E-state index in [1.54, 1.807) is 19.1 Å². The van der Waals surface area contributed by atoms with Gasteiger partial charge in [-0.2, -0.15) is 0 Å². The van der Waals surface area contributed by atoms with Crippen LogP contribution in [0.25, 0.3) is 0 Å². The fraction of sp³-hybridized carbons (Fsp3) is 0.676. The van der Waals surface area contributed by atoms with Crippen LogP contribution in [-0.4, -0.2) is 77.4 Å². The first-order valence-corrected chi connectivity index (χ1v) is 18.3. The van der Waals surface area contributed by atoms with Gasteiger partial charge in [0, 0.05) is 37.7 Å². The average Bonchev–Trinajstić information content (AvgIpc) is 3.05. The summed E-state index contributed by atoms with van der Waals surface area (Å²) in [6.07, 6.45) is 2.16. The number of nitrogens with two attached hydrogens (primary N) is 1. The summed E-state index contributed by atoms with van der Waals surface area (Å²) in [6.45, 7) is 15.6. The van der Waals surface area contributed by atoms with E-state index in [4.69, 9.17) is 10.8 Å². The number of carbonyl (C=O) groups is 6. The van der Waals surface area contributed by atoms with Gasteiger partial charge in [-0.25, -0.2) is 0 Å². The zero-order valence-electron chi connectivity index (χ0n) is 31.8. The van der Waals surface area contributed by atoms with Gasteiger partial charge in [-0.1, -0.05) is 73.4 Å². The largest absolute Gasteiger partial charge is 0.481 e. The van der Waals surface area contributed by atoms with Gasteiger partial charge in [-0.15, -0.1) is 0 Å². The molecule has 1 rings (SSSR count). The summed E-state index contributed by atoms with van der Waals surface area (Å²) in [7, 11) is 0. The Bertz CT molecular complexity index is 1290. The van der Waals surface area contributed by atoms with Crippen molar-refractivity contribution in [3.63, 3.8) is 0 Å². The molecular formula is C37H63N7O7. The molecule has 0 radical (unpaired) electrons. The van der Waals surface area contributed by atoms with E-state index in [1.807, 2.05) is 60.6 Å². The highest BCUT2D eigenvalue weighted by molar-refractivity contribution is 5.92. The third-order valence-corrected chi connectivity index (χ3v) is 8.65. The molecule has 1 aromatic rings. The Labute approximate surface area is 303 Å². The van der Waals surface area contributed by atoms with E-state index >= 15 is 0 Å². The summed E-state index contributed by atoms with van der Waals surface area (Å²) in [6, 6.07) is 3.65. The first-order chi connectivity index (χ1) is 24.0. The summed E-state index contributed by atoms with van der Waals surface area (Å²) < 4.78 is 0. The van der Waals surface area contributed by atoms with E-state index < -0.39 is 42.0 Å². The lowest BCUT2D eigenvalue weighted by Crippen LogP contribution is -2.58. The monoisotopic (exact) mass is 717 g/mol. The second-order valence-corrected chi connectivity index (χ2v) is 14.2. The Morgan fingerprint density at radius 2 is 1.49 bits per heavy atom. The number of hydrogen-bond acceptors (Lipinski definition) is 8. The van der Waals surface area contributed by atoms with Crippen molar-refractivity contribution in [2.45, 2.75) is 137 Å². The van der Waals surface area contributed by atoms with Crippen molar-refractivity contribution in [3.8, 4) is 0 Å². The molecule has 0 saturated carbocycles. The van der Waals surface area contributed by atoms with E-state index in [9.17, 15) is 28.8 Å². The number of hydrogen-bond donors (Lipinski definition) is 8. The number of aliphatic carboxylic acids is 1. The van der Waals surface area contributed by atoms with Gasteiger partial charge in [0.1, 0.15) is 18.1 Å². The predicted molar refractivity (Wildman–Crippen MR) is 198 cm³/mol. The molecule has 0 spiro atoms. The van der Waals surface area contributed by atoms with Gasteiger partial charge in [-0.3, -0.25) is 28.8 Å². The molecule has 9 N–H and O–H groups in total. The quantitative estimate of drug-likeness (QED) is 0.0736. The Morgan fingerprint density at radius 1 is 0.804 bits per heavy atom. The zero-order valence-corrected chi connectivity index (χ0v) is 31.8. The minimum absolute atomic E-state index is 0.0266. The number of carbonyl (C=O) groups excluding carboxylic acids is 5. The number of rotatable bonds is 24. The van der Waals surface area contributed by atoms with E-state index in [-0.39, 0.29) is 73.9 Å². The Balaban J connectivity index is 2.89. The van der Waals surface area contributed by atoms with Crippen LogP contribution >= 0.6 is 0 Å². The lowest BCUT2D eigenvalue weighted by atomic mass is 9.97. The van der Waals surface area contributed by atoms with Gasteiger partial charge in [0.2, 0.25) is 29.5 Å². The number of nitrogens with one attached hydrogen (secondary N) is 6. The number of carboxylic acids is 1. The molecule has 0 heterocycles. The van der Waals surface area contributed by atoms with E-state index in [1.165, 1.54) is 0 Å². The molecule has 6 atom stereocenters. The Morgan fingerprint density at radius 3 is 2.06 bits per heavy atom. The maximum atomic E-state index is 13.6. The van der Waals surface area contributed by atoms with Crippen LogP contribution in [0.15, 0.2) is 24.3 Å². The molecule has 14 nitrogen and oxygen atoms in total. The highest BCUT2D eigenvalue weighted by Crippen LogP contribution is 2.12. The van der Waals surface area contributed by atoms with Crippen LogP contribution in [0.2, 0.25) is 0 Å². The van der Waals surface area contributed by atoms with Crippen LogP contribution in [0.4, 0.5) is 5.69 Å². The molecule has 0 aliphatic carbocycles. The third kappa shape index (κ3) is 17.5. The Hall–Kier alpha value is -4.20. The van der Waals surface area contributed by atoms with Crippen LogP contribution in [0.1, 0.15) is 106 Å². The lowest BCUT2D eigenvalue weighted by molar-refractivity contribution is -0.137. The molecule has 51 heavy (non-hydrogen) atoms. The fourth-order valence-electron chi connectivity index (χ4n) is 5.46. The number of carboxylic acid groups (broad SMARTS) is 1. The van der Waals surface area contributed by atoms with Gasteiger partial charge in [0.05, 0.1) is 6.04 Å². The second kappa shape index (κ2) is 23.3. The molecule has 0 aliphatic heterocycles. The molecule has 0 aromatic heterocycles. The van der Waals surface area contributed by atoms with Crippen LogP contribution in [0, 0.1) is 17.8 Å². The van der Waals surface area contributed by atoms with Crippen molar-refractivity contribution in [1.82, 2.24) is 31.9 Å². The van der Waals surface area contributed by atoms with Crippen LogP contribution < -0.4 is 37.6 Å². The number of amides is 5. The standard InChI is InChI=1S/C37H63N7O7/c1-9-13-29(42-37(51)33(24(7)10-2)43-30(45)16-12-17-31(46)47)35(49)41-28(18-22(3)4)21-39-25(8)34(48)44-32(23(5)6)36(50)40-20-26-14-11-15-27(38)19-26/h11,14-15,19,22-25,28-29,32-33,39H,9-10,12-13,16-18,20-21,38H2,1-8H3,(H,40,50)(H,41,49)(H,42,51)(H,43,45)(H,44,48)(H,46,47)/t24-,25-,28-,29-,32?,33-/m0/s1. The average molecular weight is 718 g/mol. The van der Waals surface area contributed by atoms with Gasteiger partial charge < -0.3 is 42.7 Å². The molecule has 0 saturated heterocycles. The summed E-state index contributed by atoms with van der Waals surface area (Å²) in [5.74, 6) is -3.14. The summed E-state index contributed by atoms with van der Waals surface area (Å²) in [4.78, 5) is 76.6. The molecular weight excluding hydrogens is 654 g/mol. The third-order valence-electron chi connectivity index (χ3n) is 8.65. The minimum atomic E-state index is -0.998. The predicted octanol–water partition coefficient (Wildman–Crippen LogP) is 2.61. The zero-order chi connectivity index (χ0) is 38.7. The topological polar surface area (TPSA) is 221 Å². The van der Waals surface area contributed by atoms with Gasteiger partial charge in [0.15, 0.2) is 0 Å². The molecule has 14 heteroatoms. The van der Waals surface area contributed by atoms with Crippen LogP contribution in [0.5, 0.6) is 0 Å². The van der Waals surface area contributed by atoms with Gasteiger partial charge in [-0.05, 0) is 61.6 Å². The van der Waals surface area contributed by atoms with Gasteiger partial charge in [0.25, 0.3) is 0 Å². The second-order valence-electron chi connectivity index (χ2n) is 14.2. The smallest absolute Gasteiger partial charge is 0.303 e. The lowest BCUT2D eigenvalue weighted by Gasteiger charge is -2.29. The van der Waals surface area contributed by atoms with E-state index in [0.29, 0.717) is 31.4 Å². The highest BCUT2D eigenvalue weighted by atomic mass is 16.4. The first kappa shape index (κ1) is 44.8. The minimum Gasteiger partial charge on any atom is -0.481 e. The van der Waals surface area contributed by atoms with Crippen molar-refractivity contribution in [2.24, 2.45) is 17.8 Å². The maximum Gasteiger partial charge on any atom is 0.303 e. The summed E-state index contributed by atoms with van der Waals surface area (Å²) in [5.41, 5.74) is 7.28. The van der Waals surface area contributed by atoms with Crippen LogP contribution in [-0.2, 0) is 35.3 Å². The summed E-state index contributed by atoms with van der Waals surface area (Å²) in [5, 5.41) is 26.4. The van der Waals surface area contributed by atoms with E-state index in [0.717, 1.165) is 5.56 Å². The highest BCUT2D eigenvalue weighted by Gasteiger charge is 2.31. The van der Waals surface area contributed by atoms with Crippen molar-refractivity contribution < 1.29 is 33.9 Å². The van der Waals surface area contributed by atoms with Crippen LogP contribution in [0.3, 0.4) is 0 Å². The normalized spacial score (nSPS) is 14.8. The SMILES string of the molecule is CCC[C@H](NC(=O)[C@@H](NC(=O)CCCC(=O)O)[C@@H](C)CC)C(=O)N[C@H](CN[C@@H](C)C(=O)NC(C(=O)NCc1cccc(N)c1)C(C)C)CC(C)C. The maximum absolute atomic E-state index is 13.6. The molecule has 0 bridgehead atoms. The first-order valence-electron chi connectivity index (χ1n) is 18.3. The van der Waals surface area contributed by atoms with E-state index in [2.05, 4.69) is 31.9 Å². The molecule has 288 valence electrons. The van der Waals surface area contributed by atoms with Crippen molar-refractivity contribution in [2.75, 3.05) is 12.3 Å². The number of nitrogen functional groups attached to an aromatic ring is 1.